The number of rotatable bonds is 2. The first-order valence-corrected chi connectivity index (χ1v) is 9.68. The van der Waals surface area contributed by atoms with Crippen LogP contribution in [0.2, 0.25) is 0 Å². The maximum atomic E-state index is 5.53. The summed E-state index contributed by atoms with van der Waals surface area (Å²) in [6.07, 6.45) is 6.64. The van der Waals surface area contributed by atoms with Crippen molar-refractivity contribution in [1.82, 2.24) is 0 Å². The molecule has 28 heavy (non-hydrogen) atoms. The molecule has 0 unspecified atom stereocenters. The second-order valence-electron chi connectivity index (χ2n) is 6.38. The third-order valence-corrected chi connectivity index (χ3v) is 4.16. The topological polar surface area (TPSA) is 18.5 Å². The van der Waals surface area contributed by atoms with Gasteiger partial charge >= 0.3 is 56.9 Å². The molecule has 3 aromatic rings. The molecule has 2 saturated heterocycles. The molecule has 0 aliphatic carbocycles. The van der Waals surface area contributed by atoms with Crippen molar-refractivity contribution in [2.75, 3.05) is 19.8 Å². The molecule has 0 N–H and O–H groups in total. The molecule has 2 fully saturated rings. The molecule has 2 aliphatic rings. The maximum absolute atomic E-state index is 5.53. The van der Waals surface area contributed by atoms with Gasteiger partial charge in [0.05, 0.1) is 6.10 Å². The molecular weight excluding hydrogens is 550 g/mol. The predicted octanol–water partition coefficient (Wildman–Crippen LogP) is 2.36. The van der Waals surface area contributed by atoms with Gasteiger partial charge in [-0.2, -0.15) is 54.1 Å². The van der Waals surface area contributed by atoms with Crippen LogP contribution < -0.4 is 29.6 Å². The molecule has 0 amide bonds. The minimum Gasteiger partial charge on any atom is -0.381 e. The summed E-state index contributed by atoms with van der Waals surface area (Å²) in [6.45, 7) is 2.96. The maximum Gasteiger partial charge on any atom is 2.00 e. The van der Waals surface area contributed by atoms with E-state index in [4.69, 9.17) is 9.47 Å². The first-order valence-electron chi connectivity index (χ1n) is 9.68. The summed E-state index contributed by atoms with van der Waals surface area (Å²) < 4.78 is 10.5. The minimum atomic E-state index is 0. The SMILES string of the molecule is C1CCOC1.[Na+].[Pb+2].c1c[cH-]c(C[C@H]2CCCO2)c1.c1cc[cH-]c1.c1cc[cH-]c1. The van der Waals surface area contributed by atoms with E-state index in [1.165, 1.54) is 31.2 Å². The molecule has 4 heteroatoms. The van der Waals surface area contributed by atoms with Crippen LogP contribution in [0, 0.1) is 0 Å². The fourth-order valence-corrected chi connectivity index (χ4v) is 2.77. The zero-order chi connectivity index (χ0) is 18.1. The van der Waals surface area contributed by atoms with Crippen LogP contribution in [0.25, 0.3) is 0 Å². The zero-order valence-corrected chi connectivity index (χ0v) is 23.0. The Hall–Kier alpha value is -0.108. The number of hydrogen-bond donors (Lipinski definition) is 0. The van der Waals surface area contributed by atoms with Crippen molar-refractivity contribution >= 4 is 27.3 Å². The molecule has 2 radical (unpaired) electrons. The van der Waals surface area contributed by atoms with Crippen LogP contribution in [0.15, 0.2) is 84.9 Å². The van der Waals surface area contributed by atoms with Gasteiger partial charge in [-0.25, -0.2) is 36.4 Å². The van der Waals surface area contributed by atoms with E-state index in [-0.39, 0.29) is 56.9 Å². The van der Waals surface area contributed by atoms with Crippen LogP contribution in [0.5, 0.6) is 0 Å². The smallest absolute Gasteiger partial charge is 0.381 e. The first kappa shape index (κ1) is 27.9. The molecule has 5 rings (SSSR count). The van der Waals surface area contributed by atoms with Gasteiger partial charge in [0.25, 0.3) is 0 Å². The van der Waals surface area contributed by atoms with Crippen LogP contribution in [0.1, 0.15) is 31.2 Å². The second-order valence-corrected chi connectivity index (χ2v) is 6.38. The van der Waals surface area contributed by atoms with Crippen LogP contribution in [0.3, 0.4) is 0 Å². The Morgan fingerprint density at radius 1 is 0.786 bits per heavy atom. The van der Waals surface area contributed by atoms with Gasteiger partial charge in [-0.1, -0.05) is 0 Å². The van der Waals surface area contributed by atoms with Gasteiger partial charge < -0.3 is 9.47 Å². The molecule has 0 bridgehead atoms. The van der Waals surface area contributed by atoms with Gasteiger partial charge in [0.2, 0.25) is 0 Å². The number of ether oxygens (including phenoxy) is 2. The average Bonchev–Trinajstić information content (AvgIpc) is 3.55. The van der Waals surface area contributed by atoms with Gasteiger partial charge in [-0.3, -0.25) is 0 Å². The molecule has 0 aromatic heterocycles. The molecule has 2 nitrogen and oxygen atoms in total. The Balaban J connectivity index is 0.000000367. The first-order chi connectivity index (χ1) is 12.9. The molecular formula is C24H31NaO2Pb. The van der Waals surface area contributed by atoms with Crippen molar-refractivity contribution in [2.24, 2.45) is 0 Å². The van der Waals surface area contributed by atoms with Crippen LogP contribution in [-0.4, -0.2) is 53.2 Å². The summed E-state index contributed by atoms with van der Waals surface area (Å²) in [7, 11) is 0. The Bertz CT molecular complexity index is 512. The largest absolute Gasteiger partial charge is 2.00 e. The molecule has 0 spiro atoms. The third kappa shape index (κ3) is 14.8. The molecule has 144 valence electrons. The van der Waals surface area contributed by atoms with Crippen molar-refractivity contribution in [3.05, 3.63) is 90.5 Å². The fraction of sp³-hybridized carbons (Fsp3) is 0.375. The van der Waals surface area contributed by atoms with E-state index in [1.807, 2.05) is 60.7 Å². The summed E-state index contributed by atoms with van der Waals surface area (Å²) in [6, 6.07) is 28.5. The Morgan fingerprint density at radius 3 is 1.71 bits per heavy atom. The van der Waals surface area contributed by atoms with E-state index in [2.05, 4.69) is 24.3 Å². The average molecular weight is 582 g/mol. The van der Waals surface area contributed by atoms with Crippen molar-refractivity contribution in [3.8, 4) is 0 Å². The van der Waals surface area contributed by atoms with Crippen molar-refractivity contribution < 1.29 is 39.0 Å². The predicted molar refractivity (Wildman–Crippen MR) is 115 cm³/mol. The van der Waals surface area contributed by atoms with Gasteiger partial charge in [0, 0.05) is 19.8 Å². The van der Waals surface area contributed by atoms with Gasteiger partial charge in [0.15, 0.2) is 0 Å². The molecule has 2 heterocycles. The van der Waals surface area contributed by atoms with Crippen molar-refractivity contribution in [1.29, 1.82) is 0 Å². The van der Waals surface area contributed by atoms with Crippen LogP contribution >= 0.6 is 0 Å². The minimum absolute atomic E-state index is 0. The van der Waals surface area contributed by atoms with Crippen LogP contribution in [0.4, 0.5) is 0 Å². The van der Waals surface area contributed by atoms with Gasteiger partial charge in [-0.15, -0.1) is 0 Å². The standard InChI is InChI=1S/C10H13O.2C5H5.C4H8O.Na.Pb/c1-2-5-9(4-1)8-10-6-3-7-11-10;3*1-2-4-5-3-1;;/h1-2,4-5,10H,3,6-8H2;2*1-5H;1-4H2;;/q3*-1;;+1;+2/t10-;;;;;/m1...../s1. The van der Waals surface area contributed by atoms with Crippen molar-refractivity contribution in [3.63, 3.8) is 0 Å². The monoisotopic (exact) mass is 582 g/mol. The number of hydrogen-bond acceptors (Lipinski definition) is 2. The Kier molecular flexibility index (Phi) is 20.1. The normalized spacial score (nSPS) is 16.6. The summed E-state index contributed by atoms with van der Waals surface area (Å²) >= 11 is 0. The summed E-state index contributed by atoms with van der Waals surface area (Å²) in [5, 5.41) is 0. The molecule has 0 saturated carbocycles. The Morgan fingerprint density at radius 2 is 1.39 bits per heavy atom. The second kappa shape index (κ2) is 20.2. The summed E-state index contributed by atoms with van der Waals surface area (Å²) in [5.41, 5.74) is 1.41. The van der Waals surface area contributed by atoms with E-state index >= 15 is 0 Å². The summed E-state index contributed by atoms with van der Waals surface area (Å²) in [5.74, 6) is 0. The van der Waals surface area contributed by atoms with E-state index in [1.54, 1.807) is 0 Å². The fourth-order valence-electron chi connectivity index (χ4n) is 2.77. The van der Waals surface area contributed by atoms with Crippen molar-refractivity contribution in [2.45, 2.75) is 38.2 Å². The molecule has 3 aromatic carbocycles. The van der Waals surface area contributed by atoms with E-state index in [0.29, 0.717) is 6.10 Å². The molecule has 1 atom stereocenters. The van der Waals surface area contributed by atoms with Gasteiger partial charge in [0.1, 0.15) is 0 Å². The Labute approximate surface area is 213 Å². The van der Waals surface area contributed by atoms with E-state index < -0.39 is 0 Å². The van der Waals surface area contributed by atoms with Crippen LogP contribution in [-0.2, 0) is 15.9 Å². The molecule has 2 aliphatic heterocycles. The van der Waals surface area contributed by atoms with Gasteiger partial charge in [-0.05, 0) is 32.1 Å². The summed E-state index contributed by atoms with van der Waals surface area (Å²) in [4.78, 5) is 0. The third-order valence-electron chi connectivity index (χ3n) is 4.16. The quantitative estimate of drug-likeness (QED) is 0.342. The zero-order valence-electron chi connectivity index (χ0n) is 17.1. The van der Waals surface area contributed by atoms with E-state index in [9.17, 15) is 0 Å². The van der Waals surface area contributed by atoms with E-state index in [0.717, 1.165) is 26.2 Å².